The summed E-state index contributed by atoms with van der Waals surface area (Å²) in [5, 5.41) is 17.7. The number of carbonyl (C=O) groups is 1. The minimum absolute atomic E-state index is 0.171. The summed E-state index contributed by atoms with van der Waals surface area (Å²) in [6, 6.07) is 1.56. The van der Waals surface area contributed by atoms with Crippen LogP contribution in [0.4, 0.5) is 0 Å². The van der Waals surface area contributed by atoms with Crippen molar-refractivity contribution in [2.45, 2.75) is 19.6 Å². The first-order chi connectivity index (χ1) is 7.54. The summed E-state index contributed by atoms with van der Waals surface area (Å²) in [6.07, 6.45) is 0. The van der Waals surface area contributed by atoms with Crippen molar-refractivity contribution in [2.75, 3.05) is 12.4 Å². The molecule has 2 N–H and O–H groups in total. The van der Waals surface area contributed by atoms with Gasteiger partial charge in [0.1, 0.15) is 17.1 Å². The van der Waals surface area contributed by atoms with Gasteiger partial charge >= 0.3 is 5.97 Å². The fourth-order valence-electron chi connectivity index (χ4n) is 1.24. The first kappa shape index (κ1) is 13.1. The minimum atomic E-state index is -0.957. The van der Waals surface area contributed by atoms with E-state index in [1.54, 1.807) is 24.8 Å². The van der Waals surface area contributed by atoms with Crippen LogP contribution in [-0.2, 0) is 5.75 Å². The second kappa shape index (κ2) is 5.96. The number of furan rings is 1. The molecular weight excluding hydrogens is 228 g/mol. The minimum Gasteiger partial charge on any atom is -0.478 e. The van der Waals surface area contributed by atoms with E-state index in [0.29, 0.717) is 17.3 Å². The monoisotopic (exact) mass is 244 g/mol. The van der Waals surface area contributed by atoms with Gasteiger partial charge in [-0.25, -0.2) is 4.79 Å². The lowest BCUT2D eigenvalue weighted by Gasteiger charge is -2.05. The van der Waals surface area contributed by atoms with Crippen molar-refractivity contribution in [3.05, 3.63) is 23.2 Å². The maximum atomic E-state index is 10.8. The van der Waals surface area contributed by atoms with Gasteiger partial charge in [-0.05, 0) is 24.7 Å². The fourth-order valence-corrected chi connectivity index (χ4v) is 2.21. The summed E-state index contributed by atoms with van der Waals surface area (Å²) in [7, 11) is 0. The summed E-state index contributed by atoms with van der Waals surface area (Å²) in [4.78, 5) is 10.8. The molecule has 1 aromatic heterocycles. The van der Waals surface area contributed by atoms with Crippen LogP contribution in [-0.4, -0.2) is 28.5 Å². The lowest BCUT2D eigenvalue weighted by molar-refractivity contribution is 0.0695. The highest BCUT2D eigenvalue weighted by Gasteiger charge is 2.13. The van der Waals surface area contributed by atoms with Crippen LogP contribution in [0.1, 0.15) is 28.8 Å². The van der Waals surface area contributed by atoms with Gasteiger partial charge in [0, 0.05) is 6.61 Å². The van der Waals surface area contributed by atoms with Gasteiger partial charge in [0.15, 0.2) is 0 Å². The molecule has 1 heterocycles. The van der Waals surface area contributed by atoms with Crippen molar-refractivity contribution in [1.82, 2.24) is 0 Å². The fraction of sp³-hybridized carbons (Fsp3) is 0.545. The largest absolute Gasteiger partial charge is 0.478 e. The third-order valence-corrected chi connectivity index (χ3v) is 3.45. The molecule has 0 aromatic carbocycles. The van der Waals surface area contributed by atoms with Gasteiger partial charge in [0.2, 0.25) is 0 Å². The lowest BCUT2D eigenvalue weighted by Crippen LogP contribution is -2.03. The molecule has 1 atom stereocenters. The molecule has 1 unspecified atom stereocenters. The molecule has 0 saturated carbocycles. The van der Waals surface area contributed by atoms with Gasteiger partial charge in [0.25, 0.3) is 0 Å². The maximum absolute atomic E-state index is 10.8. The quantitative estimate of drug-likeness (QED) is 0.802. The van der Waals surface area contributed by atoms with E-state index in [9.17, 15) is 4.79 Å². The van der Waals surface area contributed by atoms with Crippen molar-refractivity contribution in [3.8, 4) is 0 Å². The Morgan fingerprint density at radius 1 is 1.62 bits per heavy atom. The average Bonchev–Trinajstić information content (AvgIpc) is 2.59. The summed E-state index contributed by atoms with van der Waals surface area (Å²) in [5.74, 6) is 1.88. The molecule has 4 nitrogen and oxygen atoms in total. The predicted molar refractivity (Wildman–Crippen MR) is 62.8 cm³/mol. The molecule has 0 amide bonds. The number of carboxylic acid groups (broad SMARTS) is 1. The number of aliphatic hydroxyl groups excluding tert-OH is 1. The first-order valence-corrected chi connectivity index (χ1v) is 6.21. The van der Waals surface area contributed by atoms with Crippen molar-refractivity contribution in [2.24, 2.45) is 5.92 Å². The number of carboxylic acids is 1. The Balaban J connectivity index is 2.49. The van der Waals surface area contributed by atoms with Crippen LogP contribution in [0.3, 0.4) is 0 Å². The maximum Gasteiger partial charge on any atom is 0.339 e. The van der Waals surface area contributed by atoms with E-state index in [1.807, 2.05) is 6.92 Å². The molecule has 1 aromatic rings. The summed E-state index contributed by atoms with van der Waals surface area (Å²) < 4.78 is 5.33. The van der Waals surface area contributed by atoms with E-state index in [0.717, 1.165) is 5.75 Å². The molecule has 90 valence electrons. The van der Waals surface area contributed by atoms with Gasteiger partial charge < -0.3 is 14.6 Å². The zero-order valence-electron chi connectivity index (χ0n) is 9.40. The molecule has 5 heteroatoms. The van der Waals surface area contributed by atoms with Crippen LogP contribution in [0.15, 0.2) is 10.5 Å². The molecule has 0 saturated heterocycles. The number of hydrogen-bond acceptors (Lipinski definition) is 4. The number of thioether (sulfide) groups is 1. The first-order valence-electron chi connectivity index (χ1n) is 5.05. The summed E-state index contributed by atoms with van der Waals surface area (Å²) in [6.45, 7) is 3.78. The van der Waals surface area contributed by atoms with Gasteiger partial charge in [-0.15, -0.1) is 0 Å². The summed E-state index contributed by atoms with van der Waals surface area (Å²) in [5.41, 5.74) is 0.228. The zero-order chi connectivity index (χ0) is 12.1. The van der Waals surface area contributed by atoms with E-state index in [-0.39, 0.29) is 18.1 Å². The van der Waals surface area contributed by atoms with E-state index >= 15 is 0 Å². The number of aromatic carboxylic acids is 1. The molecule has 0 aliphatic heterocycles. The van der Waals surface area contributed by atoms with Crippen LogP contribution in [0.25, 0.3) is 0 Å². The van der Waals surface area contributed by atoms with Crippen LogP contribution in [0.5, 0.6) is 0 Å². The van der Waals surface area contributed by atoms with E-state index in [4.69, 9.17) is 14.6 Å². The van der Waals surface area contributed by atoms with Crippen LogP contribution in [0.2, 0.25) is 0 Å². The van der Waals surface area contributed by atoms with Gasteiger partial charge in [-0.3, -0.25) is 0 Å². The van der Waals surface area contributed by atoms with Crippen molar-refractivity contribution in [1.29, 1.82) is 0 Å². The molecule has 16 heavy (non-hydrogen) atoms. The second-order valence-electron chi connectivity index (χ2n) is 3.79. The Bertz CT molecular complexity index is 359. The molecule has 0 bridgehead atoms. The smallest absolute Gasteiger partial charge is 0.339 e. The van der Waals surface area contributed by atoms with E-state index in [2.05, 4.69) is 0 Å². The number of hydrogen-bond donors (Lipinski definition) is 2. The average molecular weight is 244 g/mol. The molecule has 0 radical (unpaired) electrons. The van der Waals surface area contributed by atoms with E-state index < -0.39 is 5.97 Å². The highest BCUT2D eigenvalue weighted by atomic mass is 32.2. The Hall–Kier alpha value is -0.940. The van der Waals surface area contributed by atoms with Crippen LogP contribution < -0.4 is 0 Å². The Morgan fingerprint density at radius 2 is 2.31 bits per heavy atom. The number of aliphatic hydroxyl groups is 1. The molecule has 0 spiro atoms. The predicted octanol–water partition coefficient (Wildman–Crippen LogP) is 2.15. The highest BCUT2D eigenvalue weighted by molar-refractivity contribution is 7.98. The number of rotatable bonds is 6. The Labute approximate surface area is 98.7 Å². The third-order valence-electron chi connectivity index (χ3n) is 2.16. The molecule has 0 fully saturated rings. The van der Waals surface area contributed by atoms with Crippen molar-refractivity contribution in [3.63, 3.8) is 0 Å². The Morgan fingerprint density at radius 3 is 2.81 bits per heavy atom. The molecular formula is C11H16O4S. The second-order valence-corrected chi connectivity index (χ2v) is 4.82. The Kier molecular flexibility index (Phi) is 4.89. The molecule has 0 aliphatic carbocycles. The lowest BCUT2D eigenvalue weighted by atomic mass is 10.2. The van der Waals surface area contributed by atoms with Gasteiger partial charge in [0.05, 0.1) is 5.75 Å². The normalized spacial score (nSPS) is 12.7. The van der Waals surface area contributed by atoms with Crippen molar-refractivity contribution >= 4 is 17.7 Å². The van der Waals surface area contributed by atoms with Crippen LogP contribution in [0, 0.1) is 12.8 Å². The topological polar surface area (TPSA) is 70.7 Å². The van der Waals surface area contributed by atoms with Crippen LogP contribution >= 0.6 is 11.8 Å². The van der Waals surface area contributed by atoms with Gasteiger partial charge in [-0.2, -0.15) is 11.8 Å². The standard InChI is InChI=1S/C11H16O4S/c1-7(4-12)5-16-6-9-3-10(11(13)14)8(2)15-9/h3,7,12H,4-6H2,1-2H3,(H,13,14). The van der Waals surface area contributed by atoms with Crippen molar-refractivity contribution < 1.29 is 19.4 Å². The van der Waals surface area contributed by atoms with Gasteiger partial charge in [-0.1, -0.05) is 6.92 Å². The van der Waals surface area contributed by atoms with E-state index in [1.165, 1.54) is 0 Å². The zero-order valence-corrected chi connectivity index (χ0v) is 10.2. The SMILES string of the molecule is Cc1oc(CSCC(C)CO)cc1C(=O)O. The molecule has 1 rings (SSSR count). The summed E-state index contributed by atoms with van der Waals surface area (Å²) >= 11 is 1.63. The number of aryl methyl sites for hydroxylation is 1. The third kappa shape index (κ3) is 3.57. The molecule has 0 aliphatic rings. The highest BCUT2D eigenvalue weighted by Crippen LogP contribution is 2.20.